The van der Waals surface area contributed by atoms with Crippen LogP contribution in [0.2, 0.25) is 0 Å². The van der Waals surface area contributed by atoms with Gasteiger partial charge >= 0.3 is 0 Å². The molecule has 0 unspecified atom stereocenters. The number of pyridine rings is 1. The number of nitrogens with zero attached hydrogens (tertiary/aromatic N) is 2. The molecule has 0 saturated heterocycles. The number of carbonyl (C=O) groups excluding carboxylic acids is 1. The molecule has 1 aromatic heterocycles. The SMILES string of the molecule is O=C(N/N=C1\C[C@H]2C=CC[C@H]12)c1ccc2ccccc2n1. The van der Waals surface area contributed by atoms with Crippen molar-refractivity contribution in [1.29, 1.82) is 0 Å². The van der Waals surface area contributed by atoms with E-state index >= 15 is 0 Å². The van der Waals surface area contributed by atoms with Crippen molar-refractivity contribution in [2.75, 3.05) is 0 Å². The van der Waals surface area contributed by atoms with E-state index in [2.05, 4.69) is 27.7 Å². The Bertz CT molecular complexity index is 778. The predicted octanol–water partition coefficient (Wildman–Crippen LogP) is 2.92. The van der Waals surface area contributed by atoms with Gasteiger partial charge in [-0.1, -0.05) is 36.4 Å². The third kappa shape index (κ3) is 2.13. The molecule has 2 atom stereocenters. The number of rotatable bonds is 2. The Morgan fingerprint density at radius 3 is 3.05 bits per heavy atom. The van der Waals surface area contributed by atoms with Gasteiger partial charge in [-0.2, -0.15) is 5.10 Å². The van der Waals surface area contributed by atoms with E-state index in [0.29, 0.717) is 17.5 Å². The van der Waals surface area contributed by atoms with Crippen LogP contribution in [0.4, 0.5) is 0 Å². The highest BCUT2D eigenvalue weighted by Gasteiger charge is 2.38. The monoisotopic (exact) mass is 277 g/mol. The molecule has 4 rings (SSSR count). The van der Waals surface area contributed by atoms with Crippen molar-refractivity contribution < 1.29 is 4.79 Å². The van der Waals surface area contributed by atoms with Crippen molar-refractivity contribution in [2.45, 2.75) is 12.8 Å². The predicted molar refractivity (Wildman–Crippen MR) is 82.0 cm³/mol. The van der Waals surface area contributed by atoms with E-state index in [4.69, 9.17) is 0 Å². The summed E-state index contributed by atoms with van der Waals surface area (Å²) in [4.78, 5) is 16.5. The van der Waals surface area contributed by atoms with E-state index in [9.17, 15) is 4.79 Å². The lowest BCUT2D eigenvalue weighted by Crippen LogP contribution is -2.35. The summed E-state index contributed by atoms with van der Waals surface area (Å²) in [6.07, 6.45) is 6.46. The van der Waals surface area contributed by atoms with E-state index < -0.39 is 0 Å². The van der Waals surface area contributed by atoms with E-state index in [1.54, 1.807) is 6.07 Å². The highest BCUT2D eigenvalue weighted by molar-refractivity contribution is 5.98. The lowest BCUT2D eigenvalue weighted by molar-refractivity contribution is 0.0949. The maximum Gasteiger partial charge on any atom is 0.289 e. The van der Waals surface area contributed by atoms with Crippen LogP contribution in [0.1, 0.15) is 23.3 Å². The van der Waals surface area contributed by atoms with E-state index in [1.807, 2.05) is 30.3 Å². The molecule has 0 aliphatic heterocycles. The first kappa shape index (κ1) is 12.3. The number of hydrogen-bond donors (Lipinski definition) is 1. The first-order valence-electron chi connectivity index (χ1n) is 7.20. The van der Waals surface area contributed by atoms with Crippen molar-refractivity contribution in [2.24, 2.45) is 16.9 Å². The normalized spacial score (nSPS) is 24.9. The summed E-state index contributed by atoms with van der Waals surface area (Å²) in [5, 5.41) is 5.29. The van der Waals surface area contributed by atoms with Gasteiger partial charge in [0, 0.05) is 17.0 Å². The smallest absolute Gasteiger partial charge is 0.266 e. The number of fused-ring (bicyclic) bond motifs is 2. The van der Waals surface area contributed by atoms with Gasteiger partial charge in [-0.15, -0.1) is 0 Å². The Morgan fingerprint density at radius 2 is 2.14 bits per heavy atom. The van der Waals surface area contributed by atoms with Crippen molar-refractivity contribution >= 4 is 22.5 Å². The van der Waals surface area contributed by atoms with Crippen molar-refractivity contribution in [3.05, 3.63) is 54.2 Å². The fraction of sp³-hybridized carbons (Fsp3) is 0.235. The van der Waals surface area contributed by atoms with Gasteiger partial charge in [0.25, 0.3) is 5.91 Å². The molecule has 1 aromatic carbocycles. The number of carbonyl (C=O) groups is 1. The first-order valence-corrected chi connectivity index (χ1v) is 7.20. The summed E-state index contributed by atoms with van der Waals surface area (Å²) in [5.74, 6) is 0.900. The molecule has 1 N–H and O–H groups in total. The summed E-state index contributed by atoms with van der Waals surface area (Å²) >= 11 is 0. The zero-order valence-corrected chi connectivity index (χ0v) is 11.5. The Labute approximate surface area is 122 Å². The number of hydrogen-bond acceptors (Lipinski definition) is 3. The molecule has 21 heavy (non-hydrogen) atoms. The van der Waals surface area contributed by atoms with Gasteiger partial charge in [0.1, 0.15) is 5.69 Å². The number of amides is 1. The van der Waals surface area contributed by atoms with Gasteiger partial charge < -0.3 is 0 Å². The topological polar surface area (TPSA) is 54.4 Å². The molecule has 4 heteroatoms. The van der Waals surface area contributed by atoms with Crippen LogP contribution >= 0.6 is 0 Å². The fourth-order valence-electron chi connectivity index (χ4n) is 3.04. The van der Waals surface area contributed by atoms with Gasteiger partial charge in [-0.05, 0) is 30.9 Å². The van der Waals surface area contributed by atoms with Crippen LogP contribution in [0, 0.1) is 11.8 Å². The van der Waals surface area contributed by atoms with E-state index in [-0.39, 0.29) is 5.91 Å². The van der Waals surface area contributed by atoms with Crippen LogP contribution in [0.15, 0.2) is 53.7 Å². The summed E-state index contributed by atoms with van der Waals surface area (Å²) in [7, 11) is 0. The van der Waals surface area contributed by atoms with E-state index in [0.717, 1.165) is 29.5 Å². The van der Waals surface area contributed by atoms with Crippen molar-refractivity contribution in [3.63, 3.8) is 0 Å². The Hall–Kier alpha value is -2.49. The van der Waals surface area contributed by atoms with Crippen molar-refractivity contribution in [3.8, 4) is 0 Å². The zero-order valence-electron chi connectivity index (χ0n) is 11.5. The highest BCUT2D eigenvalue weighted by atomic mass is 16.2. The van der Waals surface area contributed by atoms with Gasteiger partial charge in [-0.3, -0.25) is 4.79 Å². The molecule has 2 aromatic rings. The highest BCUT2D eigenvalue weighted by Crippen LogP contribution is 2.40. The molecule has 1 saturated carbocycles. The molecule has 1 amide bonds. The minimum atomic E-state index is -0.248. The molecule has 4 nitrogen and oxygen atoms in total. The second-order valence-corrected chi connectivity index (χ2v) is 5.57. The van der Waals surface area contributed by atoms with Crippen LogP contribution < -0.4 is 5.43 Å². The average molecular weight is 277 g/mol. The standard InChI is InChI=1S/C17H15N3O/c21-17(20-19-16-10-12-5-3-6-13(12)16)15-9-8-11-4-1-2-7-14(11)18-15/h1-5,7-9,12-13H,6,10H2,(H,20,21)/b19-16+/t12-,13+/m1/s1. The maximum atomic E-state index is 12.1. The van der Waals surface area contributed by atoms with E-state index in [1.165, 1.54) is 0 Å². The van der Waals surface area contributed by atoms with Gasteiger partial charge in [0.2, 0.25) is 0 Å². The average Bonchev–Trinajstić information content (AvgIpc) is 2.88. The van der Waals surface area contributed by atoms with Gasteiger partial charge in [0.15, 0.2) is 0 Å². The Balaban J connectivity index is 1.50. The lowest BCUT2D eigenvalue weighted by atomic mass is 9.74. The minimum absolute atomic E-state index is 0.248. The first-order chi connectivity index (χ1) is 10.3. The molecular formula is C17H15N3O. The number of para-hydroxylation sites is 1. The second kappa shape index (κ2) is 4.81. The molecule has 2 aliphatic carbocycles. The van der Waals surface area contributed by atoms with Crippen LogP contribution in [0.3, 0.4) is 0 Å². The summed E-state index contributed by atoms with van der Waals surface area (Å²) < 4.78 is 0. The molecule has 0 spiro atoms. The van der Waals surface area contributed by atoms with Gasteiger partial charge in [0.05, 0.1) is 5.52 Å². The minimum Gasteiger partial charge on any atom is -0.266 e. The third-order valence-electron chi connectivity index (χ3n) is 4.30. The fourth-order valence-corrected chi connectivity index (χ4v) is 3.04. The van der Waals surface area contributed by atoms with Crippen LogP contribution in [0.25, 0.3) is 10.9 Å². The largest absolute Gasteiger partial charge is 0.289 e. The summed E-state index contributed by atoms with van der Waals surface area (Å²) in [6.45, 7) is 0. The number of hydrazone groups is 1. The Kier molecular flexibility index (Phi) is 2.81. The van der Waals surface area contributed by atoms with Crippen LogP contribution in [-0.4, -0.2) is 16.6 Å². The quantitative estimate of drug-likeness (QED) is 0.678. The van der Waals surface area contributed by atoms with Crippen LogP contribution in [0.5, 0.6) is 0 Å². The van der Waals surface area contributed by atoms with Gasteiger partial charge in [-0.25, -0.2) is 10.4 Å². The molecule has 2 aliphatic rings. The summed E-state index contributed by atoms with van der Waals surface area (Å²) in [6, 6.07) is 11.4. The number of allylic oxidation sites excluding steroid dienone is 2. The molecule has 1 heterocycles. The summed E-state index contributed by atoms with van der Waals surface area (Å²) in [5.41, 5.74) is 4.96. The van der Waals surface area contributed by atoms with Crippen molar-refractivity contribution in [1.82, 2.24) is 10.4 Å². The second-order valence-electron chi connectivity index (χ2n) is 5.57. The number of nitrogens with one attached hydrogen (secondary N) is 1. The molecule has 0 bridgehead atoms. The zero-order chi connectivity index (χ0) is 14.2. The molecule has 104 valence electrons. The molecular weight excluding hydrogens is 262 g/mol. The molecule has 1 fully saturated rings. The number of aromatic nitrogens is 1. The Morgan fingerprint density at radius 1 is 1.24 bits per heavy atom. The molecule has 0 radical (unpaired) electrons. The third-order valence-corrected chi connectivity index (χ3v) is 4.30. The number of benzene rings is 1. The lowest BCUT2D eigenvalue weighted by Gasteiger charge is -2.31. The maximum absolute atomic E-state index is 12.1. The van der Waals surface area contributed by atoms with Crippen LogP contribution in [-0.2, 0) is 0 Å².